The molecular formula is C45H77F3N4O16S. The number of carbonyl (C=O) groups is 4. The Morgan fingerprint density at radius 2 is 1.22 bits per heavy atom. The number of aliphatic hydroxyl groups is 2. The van der Waals surface area contributed by atoms with Gasteiger partial charge in [-0.3, -0.25) is 10.0 Å². The van der Waals surface area contributed by atoms with Gasteiger partial charge >= 0.3 is 24.8 Å². The Hall–Kier alpha value is -4.04. The third kappa shape index (κ3) is 24.6. The molecule has 4 heterocycles. The SMILES string of the molecule is C.CC(C)(C)OC(=O)N1CCC(O)CC1.CC(C)(C)OC(=O)OC(=O)OC(C)(C)C.O=C(NO)C1(S(=O)(=O)N2CCC(OCc3ccc(OC(F)(F)F)cc3)CC2)CCOCC1.OC1CCNCC1. The largest absolute Gasteiger partial charge is 0.573 e. The lowest BCUT2D eigenvalue weighted by Crippen LogP contribution is -2.60. The van der Waals surface area contributed by atoms with Crippen molar-refractivity contribution in [1.29, 1.82) is 0 Å². The highest BCUT2D eigenvalue weighted by Gasteiger charge is 2.54. The van der Waals surface area contributed by atoms with Crippen LogP contribution in [0.3, 0.4) is 0 Å². The maximum atomic E-state index is 13.2. The van der Waals surface area contributed by atoms with Crippen LogP contribution < -0.4 is 15.5 Å². The second kappa shape index (κ2) is 28.1. The number of ether oxygens (including phenoxy) is 7. The van der Waals surface area contributed by atoms with Crippen molar-refractivity contribution in [1.82, 2.24) is 20.0 Å². The van der Waals surface area contributed by atoms with Crippen molar-refractivity contribution in [2.45, 2.75) is 174 Å². The number of sulfonamides is 1. The van der Waals surface area contributed by atoms with Crippen LogP contribution >= 0.6 is 0 Å². The van der Waals surface area contributed by atoms with Gasteiger partial charge in [0.2, 0.25) is 10.0 Å². The Morgan fingerprint density at radius 3 is 1.62 bits per heavy atom. The highest BCUT2D eigenvalue weighted by molar-refractivity contribution is 7.91. The van der Waals surface area contributed by atoms with Crippen LogP contribution in [0.5, 0.6) is 5.75 Å². The molecular weight excluding hydrogens is 942 g/mol. The molecule has 0 aliphatic carbocycles. The van der Waals surface area contributed by atoms with Gasteiger partial charge in [-0.2, -0.15) is 0 Å². The summed E-state index contributed by atoms with van der Waals surface area (Å²) >= 11 is 0. The van der Waals surface area contributed by atoms with Crippen LogP contribution in [0.15, 0.2) is 24.3 Å². The topological polar surface area (TPSA) is 258 Å². The molecule has 69 heavy (non-hydrogen) atoms. The van der Waals surface area contributed by atoms with E-state index in [0.29, 0.717) is 44.3 Å². The maximum absolute atomic E-state index is 13.2. The van der Waals surface area contributed by atoms with Gasteiger partial charge in [0.05, 0.1) is 24.9 Å². The fraction of sp³-hybridized carbons (Fsp3) is 0.778. The van der Waals surface area contributed by atoms with Crippen LogP contribution in [0.2, 0.25) is 0 Å². The first-order valence-electron chi connectivity index (χ1n) is 22.5. The number of rotatable bonds is 7. The predicted octanol–water partition coefficient (Wildman–Crippen LogP) is 6.57. The maximum Gasteiger partial charge on any atom is 0.573 e. The highest BCUT2D eigenvalue weighted by Crippen LogP contribution is 2.35. The Balaban J connectivity index is 0.000000533. The van der Waals surface area contributed by atoms with Crippen LogP contribution in [0, 0.1) is 0 Å². The number of nitrogens with one attached hydrogen (secondary N) is 2. The molecule has 4 fully saturated rings. The number of hydroxylamine groups is 1. The Kier molecular flexibility index (Phi) is 25.7. The number of aliphatic hydroxyl groups excluding tert-OH is 2. The second-order valence-electron chi connectivity index (χ2n) is 19.4. The van der Waals surface area contributed by atoms with Crippen molar-refractivity contribution in [2.75, 3.05) is 52.5 Å². The summed E-state index contributed by atoms with van der Waals surface area (Å²) in [5.41, 5.74) is 0.308. The first-order valence-corrected chi connectivity index (χ1v) is 24.0. The number of nitrogens with zero attached hydrogens (tertiary/aromatic N) is 2. The van der Waals surface area contributed by atoms with E-state index in [9.17, 15) is 45.9 Å². The fourth-order valence-corrected chi connectivity index (χ4v) is 8.83. The van der Waals surface area contributed by atoms with E-state index in [1.54, 1.807) is 46.4 Å². The minimum absolute atomic E-state index is 0. The van der Waals surface area contributed by atoms with Crippen molar-refractivity contribution >= 4 is 34.3 Å². The molecule has 0 aromatic heterocycles. The molecule has 5 N–H and O–H groups in total. The summed E-state index contributed by atoms with van der Waals surface area (Å²) < 4.78 is 96.5. The minimum Gasteiger partial charge on any atom is -0.444 e. The molecule has 0 saturated carbocycles. The van der Waals surface area contributed by atoms with Crippen molar-refractivity contribution in [3.05, 3.63) is 29.8 Å². The lowest BCUT2D eigenvalue weighted by atomic mass is 9.98. The molecule has 400 valence electrons. The molecule has 0 atom stereocenters. The van der Waals surface area contributed by atoms with Gasteiger partial charge in [0, 0.05) is 52.2 Å². The average Bonchev–Trinajstić information content (AvgIpc) is 3.22. The van der Waals surface area contributed by atoms with E-state index in [0.717, 1.165) is 25.9 Å². The molecule has 20 nitrogen and oxygen atoms in total. The van der Waals surface area contributed by atoms with E-state index in [1.165, 1.54) is 34.1 Å². The highest BCUT2D eigenvalue weighted by atomic mass is 32.2. The summed E-state index contributed by atoms with van der Waals surface area (Å²) in [7, 11) is -4.05. The van der Waals surface area contributed by atoms with E-state index in [2.05, 4.69) is 14.8 Å². The lowest BCUT2D eigenvalue weighted by Gasteiger charge is -2.40. The van der Waals surface area contributed by atoms with Gasteiger partial charge in [0.1, 0.15) is 22.6 Å². The zero-order chi connectivity index (χ0) is 51.6. The molecule has 1 aromatic rings. The summed E-state index contributed by atoms with van der Waals surface area (Å²) in [5, 5.41) is 30.4. The quantitative estimate of drug-likeness (QED) is 0.0636. The van der Waals surface area contributed by atoms with Crippen molar-refractivity contribution in [2.24, 2.45) is 0 Å². The minimum atomic E-state index is -4.76. The summed E-state index contributed by atoms with van der Waals surface area (Å²) in [6.07, 6.45) is -3.83. The van der Waals surface area contributed by atoms with Gasteiger partial charge < -0.3 is 53.6 Å². The predicted molar refractivity (Wildman–Crippen MR) is 246 cm³/mol. The molecule has 2 amide bonds. The monoisotopic (exact) mass is 1020 g/mol. The first kappa shape index (κ1) is 63.0. The molecule has 24 heteroatoms. The van der Waals surface area contributed by atoms with E-state index in [-0.39, 0.29) is 83.3 Å². The van der Waals surface area contributed by atoms with Gasteiger partial charge in [-0.15, -0.1) is 13.2 Å². The summed E-state index contributed by atoms with van der Waals surface area (Å²) in [4.78, 5) is 47.5. The van der Waals surface area contributed by atoms with Crippen molar-refractivity contribution in [3.8, 4) is 5.75 Å². The molecule has 0 unspecified atom stereocenters. The van der Waals surface area contributed by atoms with E-state index >= 15 is 0 Å². The molecule has 0 bridgehead atoms. The number of hydrogen-bond donors (Lipinski definition) is 5. The number of piperidine rings is 3. The molecule has 5 rings (SSSR count). The number of benzene rings is 1. The molecule has 4 saturated heterocycles. The summed E-state index contributed by atoms with van der Waals surface area (Å²) in [6.45, 7) is 19.4. The third-order valence-corrected chi connectivity index (χ3v) is 12.7. The zero-order valence-electron chi connectivity index (χ0n) is 40.6. The summed E-state index contributed by atoms with van der Waals surface area (Å²) in [5.74, 6) is -1.29. The van der Waals surface area contributed by atoms with E-state index in [1.807, 2.05) is 20.8 Å². The number of amides is 2. The molecule has 0 spiro atoms. The fourth-order valence-electron chi connectivity index (χ4n) is 6.68. The van der Waals surface area contributed by atoms with Gasteiger partial charge in [-0.1, -0.05) is 19.6 Å². The van der Waals surface area contributed by atoms with Gasteiger partial charge in [0.25, 0.3) is 5.91 Å². The third-order valence-electron chi connectivity index (χ3n) is 10.1. The normalized spacial score (nSPS) is 18.7. The smallest absolute Gasteiger partial charge is 0.444 e. The summed E-state index contributed by atoms with van der Waals surface area (Å²) in [6, 6.07) is 5.31. The van der Waals surface area contributed by atoms with Gasteiger partial charge in [0.15, 0.2) is 4.75 Å². The number of alkyl halides is 3. The first-order chi connectivity index (χ1) is 31.3. The second-order valence-corrected chi connectivity index (χ2v) is 21.6. The number of halogens is 3. The van der Waals surface area contributed by atoms with Crippen LogP contribution in [0.25, 0.3) is 0 Å². The molecule has 0 radical (unpaired) electrons. The van der Waals surface area contributed by atoms with Crippen LogP contribution in [0.1, 0.15) is 127 Å². The zero-order valence-corrected chi connectivity index (χ0v) is 41.5. The molecule has 1 aromatic carbocycles. The molecule has 4 aliphatic rings. The van der Waals surface area contributed by atoms with Crippen LogP contribution in [-0.2, 0) is 49.8 Å². The average molecular weight is 1020 g/mol. The number of hydrogen-bond acceptors (Lipinski definition) is 17. The number of likely N-dealkylation sites (tertiary alicyclic amines) is 1. The Labute approximate surface area is 404 Å². The van der Waals surface area contributed by atoms with Crippen LogP contribution in [0.4, 0.5) is 27.6 Å². The Morgan fingerprint density at radius 1 is 0.754 bits per heavy atom. The number of carbonyl (C=O) groups excluding carboxylic acids is 4. The molecule has 4 aliphatic heterocycles. The lowest BCUT2D eigenvalue weighted by molar-refractivity contribution is -0.274. The van der Waals surface area contributed by atoms with Crippen LogP contribution in [-0.4, -0.2) is 156 Å². The van der Waals surface area contributed by atoms with Crippen molar-refractivity contribution < 1.29 is 89.3 Å². The van der Waals surface area contributed by atoms with Gasteiger partial charge in [-0.05, 0) is 132 Å². The standard InChI is InChI=1S/C19H25F3N2O7S.C10H19NO3.C10H18O5.C5H11NO.CH4/c20-19(21,22)31-16-3-1-14(2-4-16)13-30-15-5-9-24(10-6-15)32(27,28)18(17(25)23-26)7-11-29-12-8-18;1-10(2,3)14-9(13)11-6-4-8(12)5-7-11;1-9(2,3)14-7(11)13-8(12)15-10(4,5)6;7-5-1-3-6-4-2-5;/h1-4,15,26H,5-13H2,(H,23,25);8,12H,4-7H2,1-3H3;1-6H3;5-7H,1-4H2;1H4. The Bertz CT molecular complexity index is 1780. The van der Waals surface area contributed by atoms with Gasteiger partial charge in [-0.25, -0.2) is 32.6 Å². The van der Waals surface area contributed by atoms with E-state index < -0.39 is 56.2 Å². The van der Waals surface area contributed by atoms with Crippen molar-refractivity contribution in [3.63, 3.8) is 0 Å². The van der Waals surface area contributed by atoms with E-state index in [4.69, 9.17) is 34.0 Å².